The summed E-state index contributed by atoms with van der Waals surface area (Å²) in [7, 11) is -3.71. The normalized spacial score (nSPS) is 16.8. The number of anilines is 2. The molecule has 2 aromatic carbocycles. The third-order valence-corrected chi connectivity index (χ3v) is 11.8. The minimum Gasteiger partial charge on any atom is -0.778 e. The van der Waals surface area contributed by atoms with Gasteiger partial charge in [-0.05, 0) is 107 Å². The van der Waals surface area contributed by atoms with E-state index in [0.29, 0.717) is 53.8 Å². The van der Waals surface area contributed by atoms with E-state index in [4.69, 9.17) is 81.5 Å². The maximum absolute atomic E-state index is 14.4. The fourth-order valence-electron chi connectivity index (χ4n) is 7.10. The Morgan fingerprint density at radius 3 is 2.18 bits per heavy atom. The second kappa shape index (κ2) is 31.0. The number of carboxylic acids is 1. The van der Waals surface area contributed by atoms with Crippen LogP contribution in [0.25, 0.3) is 0 Å². The molecule has 404 valence electrons. The Morgan fingerprint density at radius 1 is 1.10 bits per heavy atom. The molecule has 0 bridgehead atoms. The van der Waals surface area contributed by atoms with Gasteiger partial charge in [0.15, 0.2) is 10.9 Å². The standard InChI is InChI=1S/C18H15ClFNO3.C14H20ClNO2.C11H13Cl2NO3.C3H8NO5P.C3H9S/c1-3-10(2)24-16-9-15(14(20)8-13(16)19)21-17(22)11-6-4-5-7-12(11)18(21)23;1-4-12-8-6-7-11(3)14(12)16(10-18-5-2)13(17)9-15;1-11(2)14(10(15)9(12)13)6-8(17-11)7-4-3-5-16-7;5-3(6)1-4-2-10(7,8)9;1-4(2)3/h1,8-10H,4-7H2,2H3;6-8H,4-5,9-10H2,1-3H3;3-5,8-9H,6H2,1-2H3;4H,1-2H2,(H,5,6)(H2,7,8,9);1-3H3/q;;;;+1/p-1. The minimum absolute atomic E-state index is 0.0233. The first kappa shape index (κ1) is 65.0. The lowest BCUT2D eigenvalue weighted by Crippen LogP contribution is -2.45. The largest absolute Gasteiger partial charge is 0.778 e. The summed E-state index contributed by atoms with van der Waals surface area (Å²) in [6.07, 6.45) is 15.5. The SMILES string of the molecule is C#CC(C)Oc1cc(N2C(=O)C3=C(CCCC3)C2=O)c(F)cc1Cl.CC1(C)OC(c2ccco2)CN1C(=O)C(Cl)Cl.CCOCN(C(=O)CCl)c1c(C)cccc1CC.C[S+](C)C.O=C(O)CNCP(=O)([O-])O. The number of hydrogen-bond acceptors (Lipinski definition) is 12. The second-order valence-electron chi connectivity index (χ2n) is 16.9. The third kappa shape index (κ3) is 20.5. The Kier molecular flexibility index (Phi) is 27.6. The number of terminal acetylenes is 1. The Morgan fingerprint density at radius 2 is 1.70 bits per heavy atom. The molecule has 1 aliphatic carbocycles. The third-order valence-electron chi connectivity index (χ3n) is 10.3. The number of ether oxygens (including phenoxy) is 3. The number of rotatable bonds is 15. The van der Waals surface area contributed by atoms with Crippen molar-refractivity contribution < 1.29 is 66.4 Å². The highest BCUT2D eigenvalue weighted by Gasteiger charge is 2.45. The first-order valence-electron chi connectivity index (χ1n) is 22.7. The van der Waals surface area contributed by atoms with E-state index >= 15 is 0 Å². The molecular formula is C49H64Cl4FN4O13PS. The van der Waals surface area contributed by atoms with Gasteiger partial charge < -0.3 is 43.0 Å². The number of carbonyl (C=O) groups is 5. The van der Waals surface area contributed by atoms with Gasteiger partial charge in [-0.3, -0.25) is 34.2 Å². The van der Waals surface area contributed by atoms with Crippen molar-refractivity contribution in [1.82, 2.24) is 10.2 Å². The average molecular weight is 1140 g/mol. The van der Waals surface area contributed by atoms with E-state index in [-0.39, 0.29) is 47.0 Å². The molecule has 1 saturated heterocycles. The first-order valence-corrected chi connectivity index (χ1v) is 28.7. The Bertz CT molecular complexity index is 2440. The summed E-state index contributed by atoms with van der Waals surface area (Å²) in [6, 6.07) is 11.9. The molecule has 0 radical (unpaired) electrons. The van der Waals surface area contributed by atoms with E-state index in [1.165, 1.54) is 11.0 Å². The van der Waals surface area contributed by atoms with Crippen molar-refractivity contribution in [3.05, 3.63) is 87.6 Å². The van der Waals surface area contributed by atoms with Crippen LogP contribution in [-0.4, -0.2) is 119 Å². The van der Waals surface area contributed by atoms with Gasteiger partial charge in [0.2, 0.25) is 5.91 Å². The molecule has 0 saturated carbocycles. The Balaban J connectivity index is 0.000000337. The fraction of sp³-hybridized carbons (Fsp3) is 0.490. The van der Waals surface area contributed by atoms with Gasteiger partial charge in [-0.2, -0.15) is 0 Å². The first-order chi connectivity index (χ1) is 34.1. The molecule has 4 amide bonds. The van der Waals surface area contributed by atoms with Crippen LogP contribution in [0, 0.1) is 25.1 Å². The number of halogens is 5. The average Bonchev–Trinajstić information content (AvgIpc) is 4.03. The number of alkyl halides is 3. The highest BCUT2D eigenvalue weighted by atomic mass is 35.5. The van der Waals surface area contributed by atoms with Crippen LogP contribution in [-0.2, 0) is 55.3 Å². The van der Waals surface area contributed by atoms with Crippen molar-refractivity contribution in [3.8, 4) is 18.1 Å². The second-order valence-corrected chi connectivity index (χ2v) is 22.8. The van der Waals surface area contributed by atoms with Gasteiger partial charge >= 0.3 is 5.97 Å². The number of benzene rings is 2. The van der Waals surface area contributed by atoms with Gasteiger partial charge in [0, 0.05) is 23.8 Å². The zero-order valence-corrected chi connectivity index (χ0v) is 46.9. The monoisotopic (exact) mass is 1140 g/mol. The van der Waals surface area contributed by atoms with Crippen LogP contribution in [0.5, 0.6) is 5.75 Å². The number of amides is 4. The van der Waals surface area contributed by atoms with E-state index in [2.05, 4.69) is 31.6 Å². The summed E-state index contributed by atoms with van der Waals surface area (Å²) in [5, 5.41) is 10.00. The number of nitrogens with one attached hydrogen (secondary N) is 1. The predicted octanol–water partition coefficient (Wildman–Crippen LogP) is 8.12. The van der Waals surface area contributed by atoms with Crippen molar-refractivity contribution in [3.63, 3.8) is 0 Å². The summed E-state index contributed by atoms with van der Waals surface area (Å²) in [6.45, 7) is 11.9. The molecule has 3 N–H and O–H groups in total. The zero-order valence-electron chi connectivity index (χ0n) is 42.2. The molecule has 24 heteroatoms. The molecule has 0 spiro atoms. The quantitative estimate of drug-likeness (QED) is 0.0326. The van der Waals surface area contributed by atoms with Gasteiger partial charge in [0.05, 0.1) is 60.8 Å². The number of carbonyl (C=O) groups excluding carboxylic acids is 4. The van der Waals surface area contributed by atoms with Gasteiger partial charge in [0.1, 0.15) is 49.4 Å². The molecule has 3 heterocycles. The summed E-state index contributed by atoms with van der Waals surface area (Å²) in [5.41, 5.74) is 3.19. The number of aliphatic carboxylic acids is 1. The summed E-state index contributed by atoms with van der Waals surface area (Å²) < 4.78 is 46.2. The zero-order chi connectivity index (χ0) is 55.4. The number of hydrogen-bond donors (Lipinski definition) is 3. The lowest BCUT2D eigenvalue weighted by Gasteiger charge is -2.29. The number of furan rings is 1. The van der Waals surface area contributed by atoms with Crippen molar-refractivity contribution in [2.45, 2.75) is 96.4 Å². The summed E-state index contributed by atoms with van der Waals surface area (Å²) >= 11 is 22.9. The Labute approximate surface area is 449 Å². The maximum atomic E-state index is 14.4. The van der Waals surface area contributed by atoms with Crippen LogP contribution in [0.1, 0.15) is 83.3 Å². The van der Waals surface area contributed by atoms with Gasteiger partial charge in [-0.1, -0.05) is 65.8 Å². The molecule has 3 aliphatic rings. The number of imide groups is 1. The predicted molar refractivity (Wildman–Crippen MR) is 283 cm³/mol. The maximum Gasteiger partial charge on any atom is 0.317 e. The van der Waals surface area contributed by atoms with Crippen LogP contribution in [0.4, 0.5) is 15.8 Å². The van der Waals surface area contributed by atoms with Crippen molar-refractivity contribution in [2.24, 2.45) is 0 Å². The van der Waals surface area contributed by atoms with Crippen molar-refractivity contribution >= 4 is 106 Å². The van der Waals surface area contributed by atoms with E-state index < -0.39 is 60.7 Å². The van der Waals surface area contributed by atoms with Crippen LogP contribution in [0.3, 0.4) is 0 Å². The van der Waals surface area contributed by atoms with Crippen LogP contribution >= 0.6 is 54.0 Å². The molecule has 3 aromatic rings. The van der Waals surface area contributed by atoms with Crippen LogP contribution in [0.15, 0.2) is 64.3 Å². The van der Waals surface area contributed by atoms with Crippen molar-refractivity contribution in [1.29, 1.82) is 0 Å². The number of carboxylic acid groups (broad SMARTS) is 1. The highest BCUT2D eigenvalue weighted by Crippen LogP contribution is 2.40. The molecule has 73 heavy (non-hydrogen) atoms. The molecule has 3 atom stereocenters. The number of aryl methyl sites for hydroxylation is 2. The van der Waals surface area contributed by atoms with E-state index in [1.54, 1.807) is 38.0 Å². The van der Waals surface area contributed by atoms with Crippen molar-refractivity contribution in [2.75, 3.05) is 67.2 Å². The van der Waals surface area contributed by atoms with E-state index in [1.807, 2.05) is 43.4 Å². The molecule has 2 aliphatic heterocycles. The number of para-hydroxylation sites is 1. The van der Waals surface area contributed by atoms with Crippen LogP contribution in [0.2, 0.25) is 5.02 Å². The molecule has 6 rings (SSSR count). The topological polar surface area (TPSA) is 229 Å². The van der Waals surface area contributed by atoms with Gasteiger partial charge in [0.25, 0.3) is 17.7 Å². The molecule has 17 nitrogen and oxygen atoms in total. The molecule has 1 fully saturated rings. The fourth-order valence-corrected chi connectivity index (χ4v) is 8.07. The lowest BCUT2D eigenvalue weighted by atomic mass is 9.93. The molecule has 1 aromatic heterocycles. The molecule has 3 unspecified atom stereocenters. The highest BCUT2D eigenvalue weighted by molar-refractivity contribution is 7.94. The van der Waals surface area contributed by atoms with Gasteiger partial charge in [-0.15, -0.1) is 18.0 Å². The Hall–Kier alpha value is -4.16. The van der Waals surface area contributed by atoms with E-state index in [9.17, 15) is 37.8 Å². The lowest BCUT2D eigenvalue weighted by molar-refractivity contribution is -0.193. The number of nitrogens with zero attached hydrogens (tertiary/aromatic N) is 3. The van der Waals surface area contributed by atoms with Gasteiger partial charge in [-0.25, -0.2) is 9.29 Å². The summed E-state index contributed by atoms with van der Waals surface area (Å²) in [5.74, 6) is -0.198. The van der Waals surface area contributed by atoms with Crippen LogP contribution < -0.4 is 24.7 Å². The minimum atomic E-state index is -4.35. The van der Waals surface area contributed by atoms with E-state index in [0.717, 1.165) is 47.0 Å². The summed E-state index contributed by atoms with van der Waals surface area (Å²) in [4.78, 5) is 79.6. The smallest absolute Gasteiger partial charge is 0.317 e. The molecular weight excluding hydrogens is 1080 g/mol.